The summed E-state index contributed by atoms with van der Waals surface area (Å²) in [6.45, 7) is 6.66. The van der Waals surface area contributed by atoms with E-state index in [-0.39, 0.29) is 60.9 Å². The molecule has 3 rings (SSSR count). The minimum Gasteiger partial charge on any atom is -0.439 e. The van der Waals surface area contributed by atoms with Gasteiger partial charge in [-0.1, -0.05) is 38.2 Å². The minimum absolute atomic E-state index is 0.000643. The predicted molar refractivity (Wildman–Crippen MR) is 173 cm³/mol. The van der Waals surface area contributed by atoms with Gasteiger partial charge in [-0.05, 0) is 38.2 Å². The number of imide groups is 1. The number of carbonyl (C=O) groups is 6. The highest BCUT2D eigenvalue weighted by Crippen LogP contribution is 2.29. The molecule has 15 heteroatoms. The molecule has 5 amide bonds. The summed E-state index contributed by atoms with van der Waals surface area (Å²) < 4.78 is 16.6. The van der Waals surface area contributed by atoms with Gasteiger partial charge in [0.25, 0.3) is 5.91 Å². The van der Waals surface area contributed by atoms with Crippen LogP contribution in [0.2, 0.25) is 0 Å². The molecule has 0 saturated carbocycles. The number of hydrogen-bond acceptors (Lipinski definition) is 11. The van der Waals surface area contributed by atoms with E-state index in [0.29, 0.717) is 5.57 Å². The van der Waals surface area contributed by atoms with Gasteiger partial charge in [0.15, 0.2) is 6.10 Å². The van der Waals surface area contributed by atoms with Crippen molar-refractivity contribution < 1.29 is 48.1 Å². The van der Waals surface area contributed by atoms with Crippen molar-refractivity contribution >= 4 is 35.5 Å². The van der Waals surface area contributed by atoms with Crippen LogP contribution >= 0.6 is 0 Å². The standard InChI is InChI=1S/C33H45N5O10/c1-17-12-21-27(35-10-11-38-26(40)16-36-33(38)45)23(39)15-22(29(21)42)37-31(43)18(2)8-7-9-24(46-5)30(48-32(34)44)20(4)14-19(3)28(41)25(13-17)47-6/h7-9,14-15,17,19,24-25,28,30,35,41H,10-13,16H2,1-6H3,(H2,34,44)(H,36,45)(H,37,43)/b9-7+,18-8-,20-14+/t17-,19+,24+,25+,28-,30+/m1/s1. The second-order valence-electron chi connectivity index (χ2n) is 12.1. The fourth-order valence-corrected chi connectivity index (χ4v) is 5.75. The summed E-state index contributed by atoms with van der Waals surface area (Å²) in [5.74, 6) is -3.02. The average Bonchev–Trinajstić information content (AvgIpc) is 3.35. The molecule has 2 bridgehead atoms. The Balaban J connectivity index is 2.02. The first kappa shape index (κ1) is 37.9. The van der Waals surface area contributed by atoms with Crippen LogP contribution in [-0.4, -0.2) is 104 Å². The average molecular weight is 672 g/mol. The first-order chi connectivity index (χ1) is 22.7. The molecular weight excluding hydrogens is 626 g/mol. The smallest absolute Gasteiger partial charge is 0.405 e. The third kappa shape index (κ3) is 9.49. The van der Waals surface area contributed by atoms with Crippen LogP contribution in [-0.2, 0) is 33.4 Å². The number of nitrogens with zero attached hydrogens (tertiary/aromatic N) is 1. The number of hydrogen-bond donors (Lipinski definition) is 5. The highest BCUT2D eigenvalue weighted by molar-refractivity contribution is 6.23. The maximum Gasteiger partial charge on any atom is 0.405 e. The minimum atomic E-state index is -1.03. The van der Waals surface area contributed by atoms with E-state index < -0.39 is 65.8 Å². The summed E-state index contributed by atoms with van der Waals surface area (Å²) in [6, 6.07) is -0.550. The number of fused-ring (bicyclic) bond motifs is 2. The van der Waals surface area contributed by atoms with Crippen LogP contribution in [0, 0.1) is 11.8 Å². The molecule has 1 saturated heterocycles. The quantitative estimate of drug-likeness (QED) is 0.146. The molecule has 1 aliphatic carbocycles. The Morgan fingerprint density at radius 2 is 1.83 bits per heavy atom. The van der Waals surface area contributed by atoms with Gasteiger partial charge in [0.2, 0.25) is 17.5 Å². The van der Waals surface area contributed by atoms with Gasteiger partial charge in [0, 0.05) is 50.4 Å². The van der Waals surface area contributed by atoms with E-state index in [4.69, 9.17) is 19.9 Å². The summed E-state index contributed by atoms with van der Waals surface area (Å²) in [7, 11) is 2.86. The number of nitrogens with two attached hydrogens (primary N) is 1. The van der Waals surface area contributed by atoms with Crippen molar-refractivity contribution in [3.05, 3.63) is 58.5 Å². The number of ketones is 2. The highest BCUT2D eigenvalue weighted by Gasteiger charge is 2.34. The van der Waals surface area contributed by atoms with E-state index in [1.807, 2.05) is 6.92 Å². The number of Topliss-reactive ketones (excluding diaryl/α,β-unsaturated/α-hetero) is 1. The van der Waals surface area contributed by atoms with E-state index in [9.17, 15) is 33.9 Å². The highest BCUT2D eigenvalue weighted by atomic mass is 16.6. The number of urea groups is 1. The number of methoxy groups -OCH3 is 2. The summed E-state index contributed by atoms with van der Waals surface area (Å²) in [5.41, 5.74) is 5.97. The summed E-state index contributed by atoms with van der Waals surface area (Å²) >= 11 is 0. The monoisotopic (exact) mass is 671 g/mol. The second kappa shape index (κ2) is 17.0. The Labute approximate surface area is 279 Å². The van der Waals surface area contributed by atoms with Crippen molar-refractivity contribution in [2.45, 2.75) is 65.0 Å². The van der Waals surface area contributed by atoms with E-state index >= 15 is 0 Å². The Bertz CT molecular complexity index is 1450. The molecule has 0 aromatic carbocycles. The van der Waals surface area contributed by atoms with Crippen molar-refractivity contribution in [1.82, 2.24) is 20.9 Å². The lowest BCUT2D eigenvalue weighted by Gasteiger charge is -2.30. The second-order valence-corrected chi connectivity index (χ2v) is 12.1. The molecule has 0 spiro atoms. The maximum atomic E-state index is 13.8. The molecule has 6 atom stereocenters. The number of ether oxygens (including phenoxy) is 3. The molecule has 0 aromatic rings. The van der Waals surface area contributed by atoms with Crippen LogP contribution in [0.3, 0.4) is 0 Å². The fraction of sp³-hybridized carbons (Fsp3) is 0.515. The molecule has 48 heavy (non-hydrogen) atoms. The number of nitrogens with one attached hydrogen (secondary N) is 3. The third-order valence-electron chi connectivity index (χ3n) is 8.37. The molecule has 0 aromatic heterocycles. The van der Waals surface area contributed by atoms with Gasteiger partial charge in [0.05, 0.1) is 30.1 Å². The lowest BCUT2D eigenvalue weighted by atomic mass is 9.85. The normalized spacial score (nSPS) is 30.9. The van der Waals surface area contributed by atoms with Crippen molar-refractivity contribution in [1.29, 1.82) is 0 Å². The SMILES string of the molecule is CO[C@H]1/C=C/C=C(/C)C(=O)NC2=CC(=O)C(NCCN3C(=O)CNC3=O)=C(C[C@@H](C)C[C@H](OC)[C@H](O)[C@@H](C)/C=C(\C)[C@@H]1OC(N)=O)C2=O. The van der Waals surface area contributed by atoms with Gasteiger partial charge in [-0.3, -0.25) is 24.1 Å². The largest absolute Gasteiger partial charge is 0.439 e. The molecule has 15 nitrogen and oxygen atoms in total. The number of amides is 5. The van der Waals surface area contributed by atoms with Crippen molar-refractivity contribution in [3.8, 4) is 0 Å². The molecule has 3 aliphatic rings. The van der Waals surface area contributed by atoms with Crippen molar-refractivity contribution in [2.75, 3.05) is 33.9 Å². The molecule has 1 fully saturated rings. The molecule has 2 heterocycles. The van der Waals surface area contributed by atoms with Crippen molar-refractivity contribution in [3.63, 3.8) is 0 Å². The maximum absolute atomic E-state index is 13.8. The number of aliphatic hydroxyl groups excluding tert-OH is 1. The first-order valence-corrected chi connectivity index (χ1v) is 15.6. The van der Waals surface area contributed by atoms with Gasteiger partial charge < -0.3 is 41.0 Å². The van der Waals surface area contributed by atoms with Crippen molar-refractivity contribution in [2.24, 2.45) is 17.6 Å². The molecule has 2 aliphatic heterocycles. The van der Waals surface area contributed by atoms with Gasteiger partial charge in [0.1, 0.15) is 6.10 Å². The van der Waals surface area contributed by atoms with Gasteiger partial charge in [-0.2, -0.15) is 0 Å². The van der Waals surface area contributed by atoms with Gasteiger partial charge in [-0.25, -0.2) is 9.59 Å². The van der Waals surface area contributed by atoms with E-state index in [0.717, 1.165) is 11.0 Å². The Kier molecular flexibility index (Phi) is 13.4. The molecule has 0 unspecified atom stereocenters. The Hall–Kier alpha value is -4.60. The van der Waals surface area contributed by atoms with Crippen LogP contribution in [0.15, 0.2) is 58.5 Å². The topological polar surface area (TPSA) is 216 Å². The molecule has 262 valence electrons. The zero-order valence-corrected chi connectivity index (χ0v) is 28.0. The summed E-state index contributed by atoms with van der Waals surface area (Å²) in [4.78, 5) is 77.0. The van der Waals surface area contributed by atoms with Crippen LogP contribution in [0.4, 0.5) is 9.59 Å². The van der Waals surface area contributed by atoms with Crippen LogP contribution in [0.25, 0.3) is 0 Å². The van der Waals surface area contributed by atoms with Gasteiger partial charge >= 0.3 is 12.1 Å². The summed E-state index contributed by atoms with van der Waals surface area (Å²) in [6.07, 6.45) is 3.11. The molecule has 0 radical (unpaired) electrons. The number of primary amides is 1. The molecular formula is C33H45N5O10. The predicted octanol–water partition coefficient (Wildman–Crippen LogP) is 0.903. The zero-order valence-electron chi connectivity index (χ0n) is 28.0. The van der Waals surface area contributed by atoms with Gasteiger partial charge in [-0.15, -0.1) is 0 Å². The van der Waals surface area contributed by atoms with E-state index in [2.05, 4.69) is 16.0 Å². The van der Waals surface area contributed by atoms with E-state index in [1.165, 1.54) is 33.3 Å². The Morgan fingerprint density at radius 3 is 2.44 bits per heavy atom. The Morgan fingerprint density at radius 1 is 1.12 bits per heavy atom. The van der Waals surface area contributed by atoms with Crippen LogP contribution in [0.1, 0.15) is 40.5 Å². The number of carbonyl (C=O) groups excluding carboxylic acids is 6. The third-order valence-corrected chi connectivity index (χ3v) is 8.37. The molecule has 6 N–H and O–H groups in total. The lowest BCUT2D eigenvalue weighted by Crippen LogP contribution is -2.40. The first-order valence-electron chi connectivity index (χ1n) is 15.6. The van der Waals surface area contributed by atoms with E-state index in [1.54, 1.807) is 26.0 Å². The summed E-state index contributed by atoms with van der Waals surface area (Å²) in [5, 5.41) is 19.2. The number of rotatable bonds is 7. The van der Waals surface area contributed by atoms with Crippen LogP contribution in [0.5, 0.6) is 0 Å². The fourth-order valence-electron chi connectivity index (χ4n) is 5.75. The zero-order chi connectivity index (χ0) is 35.7. The van der Waals surface area contributed by atoms with Crippen LogP contribution < -0.4 is 21.7 Å². The number of aliphatic hydroxyl groups is 1. The number of allylic oxidation sites excluding steroid dienone is 4. The lowest BCUT2D eigenvalue weighted by molar-refractivity contribution is -0.125.